The summed E-state index contributed by atoms with van der Waals surface area (Å²) in [5.41, 5.74) is 3.06. The standard InChI is InChI=1S/C24H28F3N3O3S.C24H26F3N3O3S/c2*1-15-20(26)13-23(30(15)34(32,33)19-5-3-18(25)4-6-19)24(31)7-2-17-12-22(29-14-21(17)27)16-8-10-28-11-9-16/h3-6,12,14-16,20,23,28H,2,7-11,13H2,1H3;3-6,8,12,14-15,20,23,28H,2,7,9-11,13H2,1H3/t2*15-,20+,23-/m00/s1. The Hall–Kier alpha value is -4.86. The highest BCUT2D eigenvalue weighted by molar-refractivity contribution is 7.89. The summed E-state index contributed by atoms with van der Waals surface area (Å²) in [6.07, 6.45) is 3.05. The molecule has 366 valence electrons. The first-order valence-electron chi connectivity index (χ1n) is 22.7. The summed E-state index contributed by atoms with van der Waals surface area (Å²) in [6, 6.07) is 7.16. The molecule has 0 bridgehead atoms. The van der Waals surface area contributed by atoms with Gasteiger partial charge in [-0.25, -0.2) is 43.2 Å². The highest BCUT2D eigenvalue weighted by atomic mass is 32.2. The van der Waals surface area contributed by atoms with Crippen LogP contribution in [0.25, 0.3) is 5.57 Å². The predicted octanol–water partition coefficient (Wildman–Crippen LogP) is 6.95. The summed E-state index contributed by atoms with van der Waals surface area (Å²) in [5, 5.41) is 6.46. The van der Waals surface area contributed by atoms with Gasteiger partial charge in [-0.1, -0.05) is 6.08 Å². The van der Waals surface area contributed by atoms with Crippen LogP contribution in [0.3, 0.4) is 0 Å². The fourth-order valence-corrected chi connectivity index (χ4v) is 12.9. The van der Waals surface area contributed by atoms with Gasteiger partial charge in [0.1, 0.15) is 35.6 Å². The fourth-order valence-electron chi connectivity index (χ4n) is 9.27. The number of sulfonamides is 2. The van der Waals surface area contributed by atoms with E-state index in [1.807, 2.05) is 6.08 Å². The monoisotopic (exact) mass is 988 g/mol. The van der Waals surface area contributed by atoms with E-state index < -0.39 is 91.4 Å². The Morgan fingerprint density at radius 3 is 1.60 bits per heavy atom. The van der Waals surface area contributed by atoms with Crippen molar-refractivity contribution in [2.45, 2.75) is 124 Å². The third-order valence-corrected chi connectivity index (χ3v) is 17.2. The SMILES string of the molecule is C[C@H]1[C@H](F)C[C@@H](C(=O)CCc2cc(C3=CCNCC3)ncc2F)N1S(=O)(=O)c1ccc(F)cc1.C[C@H]1[C@H](F)C[C@@H](C(=O)CCc2cc(C3CCNCC3)ncc2F)N1S(=O)(=O)c1ccc(F)cc1. The quantitative estimate of drug-likeness (QED) is 0.127. The summed E-state index contributed by atoms with van der Waals surface area (Å²) in [6.45, 7) is 6.03. The van der Waals surface area contributed by atoms with Crippen molar-refractivity contribution in [1.82, 2.24) is 29.2 Å². The zero-order chi connectivity index (χ0) is 48.9. The van der Waals surface area contributed by atoms with Crippen LogP contribution in [0.2, 0.25) is 0 Å². The Kier molecular flexibility index (Phi) is 16.4. The number of nitrogens with zero attached hydrogens (tertiary/aromatic N) is 4. The van der Waals surface area contributed by atoms with Gasteiger partial charge in [-0.05, 0) is 143 Å². The third kappa shape index (κ3) is 11.4. The number of ketones is 2. The van der Waals surface area contributed by atoms with Gasteiger partial charge in [0.25, 0.3) is 0 Å². The van der Waals surface area contributed by atoms with Crippen LogP contribution in [-0.4, -0.2) is 110 Å². The van der Waals surface area contributed by atoms with Gasteiger partial charge in [-0.3, -0.25) is 19.6 Å². The minimum atomic E-state index is -4.24. The highest BCUT2D eigenvalue weighted by Gasteiger charge is 2.50. The molecule has 0 radical (unpaired) electrons. The smallest absolute Gasteiger partial charge is 0.244 e. The number of benzene rings is 2. The van der Waals surface area contributed by atoms with E-state index in [9.17, 15) is 52.8 Å². The first-order chi connectivity index (χ1) is 32.4. The Labute approximate surface area is 392 Å². The van der Waals surface area contributed by atoms with Crippen molar-refractivity contribution in [3.8, 4) is 0 Å². The van der Waals surface area contributed by atoms with Gasteiger partial charge < -0.3 is 10.6 Å². The second-order valence-corrected chi connectivity index (χ2v) is 21.3. The van der Waals surface area contributed by atoms with Crippen molar-refractivity contribution in [3.05, 3.63) is 125 Å². The summed E-state index contributed by atoms with van der Waals surface area (Å²) in [7, 11) is -8.46. The molecule has 2 N–H and O–H groups in total. The number of aromatic nitrogens is 2. The summed E-state index contributed by atoms with van der Waals surface area (Å²) in [4.78, 5) is 34.1. The maximum absolute atomic E-state index is 14.6. The predicted molar refractivity (Wildman–Crippen MR) is 242 cm³/mol. The van der Waals surface area contributed by atoms with Crippen LogP contribution in [0.4, 0.5) is 26.3 Å². The van der Waals surface area contributed by atoms with Gasteiger partial charge >= 0.3 is 0 Å². The molecule has 0 aliphatic carbocycles. The first-order valence-corrected chi connectivity index (χ1v) is 25.6. The molecule has 0 unspecified atom stereocenters. The van der Waals surface area contributed by atoms with E-state index in [2.05, 4.69) is 20.6 Å². The van der Waals surface area contributed by atoms with Crippen molar-refractivity contribution in [2.75, 3.05) is 26.2 Å². The maximum Gasteiger partial charge on any atom is 0.244 e. The van der Waals surface area contributed by atoms with Gasteiger partial charge in [0, 0.05) is 43.8 Å². The molecule has 8 rings (SSSR count). The Morgan fingerprint density at radius 1 is 0.662 bits per heavy atom. The third-order valence-electron chi connectivity index (χ3n) is 13.2. The number of pyridine rings is 2. The van der Waals surface area contributed by atoms with Crippen LogP contribution in [0.15, 0.2) is 88.9 Å². The molecular formula is C48H54F6N6O6S2. The Morgan fingerprint density at radius 2 is 1.13 bits per heavy atom. The topological polar surface area (TPSA) is 159 Å². The van der Waals surface area contributed by atoms with Crippen LogP contribution in [0.1, 0.15) is 87.2 Å². The number of hydrogen-bond donors (Lipinski definition) is 2. The lowest BCUT2D eigenvalue weighted by Gasteiger charge is -2.27. The molecule has 6 heterocycles. The lowest BCUT2D eigenvalue weighted by Crippen LogP contribution is -2.44. The molecule has 20 heteroatoms. The zero-order valence-corrected chi connectivity index (χ0v) is 39.2. The van der Waals surface area contributed by atoms with E-state index in [0.29, 0.717) is 23.4 Å². The van der Waals surface area contributed by atoms with E-state index in [-0.39, 0.29) is 54.2 Å². The average molecular weight is 989 g/mol. The van der Waals surface area contributed by atoms with Crippen molar-refractivity contribution in [1.29, 1.82) is 0 Å². The number of piperidine rings is 1. The van der Waals surface area contributed by atoms with Gasteiger partial charge in [0.15, 0.2) is 11.6 Å². The Bertz CT molecular complexity index is 2710. The molecule has 4 aliphatic heterocycles. The zero-order valence-electron chi connectivity index (χ0n) is 37.6. The average Bonchev–Trinajstić information content (AvgIpc) is 3.82. The number of alkyl halides is 2. The number of carbonyl (C=O) groups is 2. The molecule has 2 aromatic carbocycles. The van der Waals surface area contributed by atoms with Gasteiger partial charge in [-0.15, -0.1) is 0 Å². The first kappa shape index (κ1) is 51.0. The number of nitrogens with one attached hydrogen (secondary N) is 2. The number of Topliss-reactive ketones (excluding diaryl/α,β-unsaturated/α-hetero) is 2. The van der Waals surface area contributed by atoms with Crippen LogP contribution >= 0.6 is 0 Å². The van der Waals surface area contributed by atoms with Crippen LogP contribution in [0, 0.1) is 23.3 Å². The van der Waals surface area contributed by atoms with Crippen molar-refractivity contribution in [3.63, 3.8) is 0 Å². The molecule has 0 spiro atoms. The van der Waals surface area contributed by atoms with Crippen molar-refractivity contribution < 1.29 is 52.8 Å². The molecule has 4 aliphatic rings. The second kappa shape index (κ2) is 21.8. The lowest BCUT2D eigenvalue weighted by atomic mass is 9.92. The second-order valence-electron chi connectivity index (χ2n) is 17.6. The largest absolute Gasteiger partial charge is 0.317 e. The summed E-state index contributed by atoms with van der Waals surface area (Å²) in [5.74, 6) is -3.03. The number of rotatable bonds is 14. The van der Waals surface area contributed by atoms with Gasteiger partial charge in [-0.2, -0.15) is 8.61 Å². The molecule has 4 aromatic rings. The molecule has 0 amide bonds. The number of halogens is 6. The van der Waals surface area contributed by atoms with Crippen LogP contribution < -0.4 is 10.6 Å². The van der Waals surface area contributed by atoms with Crippen molar-refractivity contribution >= 4 is 37.2 Å². The highest BCUT2D eigenvalue weighted by Crippen LogP contribution is 2.36. The van der Waals surface area contributed by atoms with Crippen LogP contribution in [-0.2, 0) is 42.5 Å². The molecular weight excluding hydrogens is 935 g/mol. The lowest BCUT2D eigenvalue weighted by molar-refractivity contribution is -0.123. The summed E-state index contributed by atoms with van der Waals surface area (Å²) < 4.78 is 139. The molecule has 6 atom stereocenters. The molecule has 3 fully saturated rings. The molecule has 2 aromatic heterocycles. The molecule has 68 heavy (non-hydrogen) atoms. The van der Waals surface area contributed by atoms with E-state index >= 15 is 0 Å². The fraction of sp³-hybridized carbons (Fsp3) is 0.458. The van der Waals surface area contributed by atoms with E-state index in [4.69, 9.17) is 0 Å². The Balaban J connectivity index is 0.000000201. The van der Waals surface area contributed by atoms with E-state index in [1.54, 1.807) is 12.1 Å². The number of hydrogen-bond acceptors (Lipinski definition) is 10. The molecule has 0 saturated carbocycles. The minimum absolute atomic E-state index is 0.0397. The van der Waals surface area contributed by atoms with Gasteiger partial charge in [0.05, 0.1) is 52.0 Å². The maximum atomic E-state index is 14.6. The van der Waals surface area contributed by atoms with Crippen LogP contribution in [0.5, 0.6) is 0 Å². The minimum Gasteiger partial charge on any atom is -0.317 e. The van der Waals surface area contributed by atoms with E-state index in [0.717, 1.165) is 120 Å². The normalized spacial score (nSPS) is 24.0. The number of aryl methyl sites for hydroxylation is 2. The number of carbonyl (C=O) groups excluding carboxylic acids is 2. The van der Waals surface area contributed by atoms with Gasteiger partial charge in [0.2, 0.25) is 20.0 Å². The molecule has 3 saturated heterocycles. The summed E-state index contributed by atoms with van der Waals surface area (Å²) >= 11 is 0. The van der Waals surface area contributed by atoms with Crippen molar-refractivity contribution in [2.24, 2.45) is 0 Å². The molecule has 12 nitrogen and oxygen atoms in total. The van der Waals surface area contributed by atoms with E-state index in [1.165, 1.54) is 13.8 Å².